The van der Waals surface area contributed by atoms with Gasteiger partial charge in [-0.3, -0.25) is 0 Å². The van der Waals surface area contributed by atoms with E-state index in [2.05, 4.69) is 17.8 Å². The maximum Gasteiger partial charge on any atom is 0.158 e. The Hall–Kier alpha value is -0.960. The molecule has 0 saturated carbocycles. The molecule has 0 bridgehead atoms. The van der Waals surface area contributed by atoms with E-state index in [0.717, 1.165) is 45.3 Å². The van der Waals surface area contributed by atoms with Gasteiger partial charge < -0.3 is 9.47 Å². The van der Waals surface area contributed by atoms with E-state index in [0.29, 0.717) is 0 Å². The van der Waals surface area contributed by atoms with E-state index in [1.165, 1.54) is 0 Å². The summed E-state index contributed by atoms with van der Waals surface area (Å²) in [5.41, 5.74) is 0. The molecule has 1 fully saturated rings. The second-order valence-electron chi connectivity index (χ2n) is 3.12. The molecule has 0 aliphatic carbocycles. The second kappa shape index (κ2) is 7.44. The molecule has 0 unspecified atom stereocenters. The van der Waals surface area contributed by atoms with Gasteiger partial charge in [-0.05, 0) is 6.42 Å². The summed E-state index contributed by atoms with van der Waals surface area (Å²) in [7, 11) is 0. The zero-order valence-corrected chi connectivity index (χ0v) is 8.42. The molecule has 0 atom stereocenters. The zero-order chi connectivity index (χ0) is 10.1. The summed E-state index contributed by atoms with van der Waals surface area (Å²) in [5, 5.41) is 0. The van der Waals surface area contributed by atoms with Crippen molar-refractivity contribution in [2.45, 2.75) is 38.4 Å². The first-order chi connectivity index (χ1) is 6.93. The van der Waals surface area contributed by atoms with Crippen LogP contribution in [0.3, 0.4) is 0 Å². The third-order valence-electron chi connectivity index (χ3n) is 1.94. The molecule has 1 heterocycles. The van der Waals surface area contributed by atoms with Gasteiger partial charge in [0, 0.05) is 25.7 Å². The third-order valence-corrected chi connectivity index (χ3v) is 1.94. The minimum absolute atomic E-state index is 0.0185. The van der Waals surface area contributed by atoms with Crippen LogP contribution in [-0.4, -0.2) is 19.5 Å². The van der Waals surface area contributed by atoms with Crippen molar-refractivity contribution in [3.8, 4) is 24.2 Å². The van der Waals surface area contributed by atoms with Crippen molar-refractivity contribution in [1.29, 1.82) is 0 Å². The lowest BCUT2D eigenvalue weighted by atomic mass is 10.2. The van der Waals surface area contributed by atoms with Crippen molar-refractivity contribution in [2.24, 2.45) is 0 Å². The number of hydrogen-bond acceptors (Lipinski definition) is 2. The van der Waals surface area contributed by atoms with Crippen LogP contribution in [0.1, 0.15) is 32.1 Å². The van der Waals surface area contributed by atoms with Crippen LogP contribution in [-0.2, 0) is 9.47 Å². The van der Waals surface area contributed by atoms with Crippen molar-refractivity contribution in [2.75, 3.05) is 13.2 Å². The molecular formula is C12H16O2. The molecule has 2 nitrogen and oxygen atoms in total. The third kappa shape index (κ3) is 4.92. The predicted molar refractivity (Wildman–Crippen MR) is 55.4 cm³/mol. The molecule has 0 amide bonds. The van der Waals surface area contributed by atoms with Crippen molar-refractivity contribution in [3.63, 3.8) is 0 Å². The standard InChI is InChI=1S/C12H16O2/c1-2-3-4-5-6-7-8-9-12-13-10-11-14-12/h1,12H,3-5,8-11H2. The van der Waals surface area contributed by atoms with Gasteiger partial charge in [-0.1, -0.05) is 0 Å². The van der Waals surface area contributed by atoms with Crippen molar-refractivity contribution in [3.05, 3.63) is 0 Å². The maximum atomic E-state index is 5.28. The van der Waals surface area contributed by atoms with E-state index >= 15 is 0 Å². The Morgan fingerprint density at radius 3 is 2.50 bits per heavy atom. The normalized spacial score (nSPS) is 15.9. The number of ether oxygens (including phenoxy) is 2. The van der Waals surface area contributed by atoms with Gasteiger partial charge in [0.05, 0.1) is 13.2 Å². The summed E-state index contributed by atoms with van der Waals surface area (Å²) in [6.45, 7) is 1.44. The SMILES string of the molecule is C#CCCCC#CCCC1OCCO1. The highest BCUT2D eigenvalue weighted by Gasteiger charge is 2.13. The largest absolute Gasteiger partial charge is 0.350 e. The fraction of sp³-hybridized carbons (Fsp3) is 0.667. The van der Waals surface area contributed by atoms with Gasteiger partial charge in [0.2, 0.25) is 0 Å². The highest BCUT2D eigenvalue weighted by Crippen LogP contribution is 2.09. The lowest BCUT2D eigenvalue weighted by molar-refractivity contribution is -0.0454. The Balaban J connectivity index is 1.94. The van der Waals surface area contributed by atoms with E-state index in [1.54, 1.807) is 0 Å². The number of unbranched alkanes of at least 4 members (excludes halogenated alkanes) is 2. The molecule has 1 saturated heterocycles. The van der Waals surface area contributed by atoms with Gasteiger partial charge in [-0.15, -0.1) is 24.2 Å². The van der Waals surface area contributed by atoms with Crippen molar-refractivity contribution < 1.29 is 9.47 Å². The minimum atomic E-state index is -0.0185. The Kier molecular flexibility index (Phi) is 5.91. The van der Waals surface area contributed by atoms with E-state index in [-0.39, 0.29) is 6.29 Å². The van der Waals surface area contributed by atoms with Gasteiger partial charge in [0.15, 0.2) is 6.29 Å². The van der Waals surface area contributed by atoms with Gasteiger partial charge >= 0.3 is 0 Å². The molecule has 1 aliphatic heterocycles. The van der Waals surface area contributed by atoms with Crippen LogP contribution < -0.4 is 0 Å². The molecule has 76 valence electrons. The molecule has 1 aliphatic rings. The lowest BCUT2D eigenvalue weighted by Gasteiger charge is -2.04. The van der Waals surface area contributed by atoms with Crippen LogP contribution in [0.5, 0.6) is 0 Å². The van der Waals surface area contributed by atoms with E-state index in [9.17, 15) is 0 Å². The quantitative estimate of drug-likeness (QED) is 0.500. The van der Waals surface area contributed by atoms with Crippen LogP contribution in [0.2, 0.25) is 0 Å². The van der Waals surface area contributed by atoms with Crippen LogP contribution in [0, 0.1) is 24.2 Å². The summed E-state index contributed by atoms with van der Waals surface area (Å²) in [6, 6.07) is 0. The molecule has 2 heteroatoms. The molecule has 0 N–H and O–H groups in total. The van der Waals surface area contributed by atoms with Crippen molar-refractivity contribution in [1.82, 2.24) is 0 Å². The molecule has 1 rings (SSSR count). The molecule has 0 aromatic heterocycles. The Morgan fingerprint density at radius 2 is 1.79 bits per heavy atom. The van der Waals surface area contributed by atoms with Crippen LogP contribution in [0.4, 0.5) is 0 Å². The topological polar surface area (TPSA) is 18.5 Å². The number of hydrogen-bond donors (Lipinski definition) is 0. The van der Waals surface area contributed by atoms with Gasteiger partial charge in [-0.2, -0.15) is 0 Å². The van der Waals surface area contributed by atoms with Gasteiger partial charge in [-0.25, -0.2) is 0 Å². The fourth-order valence-electron chi connectivity index (χ4n) is 1.22. The van der Waals surface area contributed by atoms with Crippen LogP contribution >= 0.6 is 0 Å². The first kappa shape index (κ1) is 11.1. The average molecular weight is 192 g/mol. The van der Waals surface area contributed by atoms with Crippen LogP contribution in [0.25, 0.3) is 0 Å². The highest BCUT2D eigenvalue weighted by atomic mass is 16.7. The average Bonchev–Trinajstić information content (AvgIpc) is 2.69. The molecule has 0 aromatic carbocycles. The smallest absolute Gasteiger partial charge is 0.158 e. The maximum absolute atomic E-state index is 5.28. The number of rotatable bonds is 4. The van der Waals surface area contributed by atoms with E-state index in [4.69, 9.17) is 15.9 Å². The molecule has 0 aromatic rings. The summed E-state index contributed by atoms with van der Waals surface area (Å²) >= 11 is 0. The number of terminal acetylenes is 1. The summed E-state index contributed by atoms with van der Waals surface area (Å²) in [5.74, 6) is 8.78. The Morgan fingerprint density at radius 1 is 1.07 bits per heavy atom. The zero-order valence-electron chi connectivity index (χ0n) is 8.42. The summed E-state index contributed by atoms with van der Waals surface area (Å²) < 4.78 is 10.6. The minimum Gasteiger partial charge on any atom is -0.350 e. The van der Waals surface area contributed by atoms with Gasteiger partial charge in [0.1, 0.15) is 0 Å². The molecule has 0 spiro atoms. The van der Waals surface area contributed by atoms with Crippen molar-refractivity contribution >= 4 is 0 Å². The van der Waals surface area contributed by atoms with E-state index < -0.39 is 0 Å². The van der Waals surface area contributed by atoms with Gasteiger partial charge in [0.25, 0.3) is 0 Å². The fourth-order valence-corrected chi connectivity index (χ4v) is 1.22. The first-order valence-corrected chi connectivity index (χ1v) is 5.06. The molecule has 0 radical (unpaired) electrons. The second-order valence-corrected chi connectivity index (χ2v) is 3.12. The Bertz CT molecular complexity index is 235. The summed E-state index contributed by atoms with van der Waals surface area (Å²) in [6.07, 6.45) is 9.55. The first-order valence-electron chi connectivity index (χ1n) is 5.06. The molecular weight excluding hydrogens is 176 g/mol. The highest BCUT2D eigenvalue weighted by molar-refractivity contribution is 4.99. The lowest BCUT2D eigenvalue weighted by Crippen LogP contribution is -2.05. The Labute approximate surface area is 86.0 Å². The predicted octanol–water partition coefficient (Wildman–Crippen LogP) is 1.95. The monoisotopic (exact) mass is 192 g/mol. The van der Waals surface area contributed by atoms with Crippen LogP contribution in [0.15, 0.2) is 0 Å². The summed E-state index contributed by atoms with van der Waals surface area (Å²) in [4.78, 5) is 0. The van der Waals surface area contributed by atoms with E-state index in [1.807, 2.05) is 0 Å². The molecule has 14 heavy (non-hydrogen) atoms.